The number of nitrogens with zero attached hydrogens (tertiary/aromatic N) is 1. The Balaban J connectivity index is 1.59. The predicted molar refractivity (Wildman–Crippen MR) is 150 cm³/mol. The highest BCUT2D eigenvalue weighted by Gasteiger charge is 2.36. The molecule has 0 bridgehead atoms. The van der Waals surface area contributed by atoms with Crippen LogP contribution in [0.1, 0.15) is 25.0 Å². The zero-order valence-electron chi connectivity index (χ0n) is 19.9. The smallest absolute Gasteiger partial charge is 0.0675 e. The molecule has 0 saturated heterocycles. The van der Waals surface area contributed by atoms with Gasteiger partial charge in [0.25, 0.3) is 0 Å². The Morgan fingerprint density at radius 1 is 0.543 bits per heavy atom. The molecule has 1 heterocycles. The molecule has 1 heteroatoms. The van der Waals surface area contributed by atoms with Gasteiger partial charge < -0.3 is 0 Å². The standard InChI is InChI=1S/C34H25N/c1-34(2)30-14-8-9-15-31(30)35-33(34)29-21-25-12-6-7-13-26(25)32-27(29)19-18-23-16-17-24(20-28(23)32)22-10-4-3-5-11-22/h3-21H,1-2H3. The van der Waals surface area contributed by atoms with E-state index in [9.17, 15) is 0 Å². The third kappa shape index (κ3) is 2.98. The maximum atomic E-state index is 5.19. The first kappa shape index (κ1) is 20.2. The van der Waals surface area contributed by atoms with Gasteiger partial charge >= 0.3 is 0 Å². The fourth-order valence-corrected chi connectivity index (χ4v) is 5.81. The van der Waals surface area contributed by atoms with Crippen LogP contribution in [0.3, 0.4) is 0 Å². The van der Waals surface area contributed by atoms with Crippen molar-refractivity contribution in [1.29, 1.82) is 0 Å². The van der Waals surface area contributed by atoms with Crippen LogP contribution in [0.4, 0.5) is 5.69 Å². The Morgan fingerprint density at radius 2 is 1.29 bits per heavy atom. The van der Waals surface area contributed by atoms with Gasteiger partial charge in [-0.1, -0.05) is 111 Å². The Morgan fingerprint density at radius 3 is 2.14 bits per heavy atom. The lowest BCUT2D eigenvalue weighted by Crippen LogP contribution is -2.26. The molecule has 0 unspecified atom stereocenters. The molecule has 0 spiro atoms. The summed E-state index contributed by atoms with van der Waals surface area (Å²) in [6.07, 6.45) is 0. The molecule has 7 rings (SSSR count). The molecule has 0 amide bonds. The summed E-state index contributed by atoms with van der Waals surface area (Å²) in [5.74, 6) is 0. The fourth-order valence-electron chi connectivity index (χ4n) is 5.81. The topological polar surface area (TPSA) is 12.4 Å². The van der Waals surface area contributed by atoms with E-state index in [1.54, 1.807) is 0 Å². The zero-order valence-corrected chi connectivity index (χ0v) is 19.9. The molecule has 6 aromatic carbocycles. The molecule has 166 valence electrons. The highest BCUT2D eigenvalue weighted by molar-refractivity contribution is 6.28. The van der Waals surface area contributed by atoms with Crippen molar-refractivity contribution in [2.75, 3.05) is 0 Å². The van der Waals surface area contributed by atoms with Gasteiger partial charge in [0.15, 0.2) is 0 Å². The molecule has 0 aromatic heterocycles. The van der Waals surface area contributed by atoms with Crippen molar-refractivity contribution in [3.8, 4) is 11.1 Å². The van der Waals surface area contributed by atoms with Crippen molar-refractivity contribution in [3.05, 3.63) is 126 Å². The van der Waals surface area contributed by atoms with Crippen molar-refractivity contribution in [1.82, 2.24) is 0 Å². The molecule has 6 aromatic rings. The quantitative estimate of drug-likeness (QED) is 0.235. The van der Waals surface area contributed by atoms with Gasteiger partial charge in [0.1, 0.15) is 0 Å². The van der Waals surface area contributed by atoms with Crippen LogP contribution >= 0.6 is 0 Å². The maximum Gasteiger partial charge on any atom is 0.0675 e. The number of benzene rings is 6. The van der Waals surface area contributed by atoms with Crippen LogP contribution in [0, 0.1) is 0 Å². The average Bonchev–Trinajstić information content (AvgIpc) is 3.18. The first-order chi connectivity index (χ1) is 17.1. The second-order valence-corrected chi connectivity index (χ2v) is 10.0. The van der Waals surface area contributed by atoms with Crippen LogP contribution in [-0.4, -0.2) is 5.71 Å². The molecule has 1 aliphatic heterocycles. The van der Waals surface area contributed by atoms with E-state index in [0.717, 1.165) is 11.4 Å². The molecule has 0 atom stereocenters. The fraction of sp³-hybridized carbons (Fsp3) is 0.0882. The number of para-hydroxylation sites is 1. The van der Waals surface area contributed by atoms with Gasteiger partial charge in [-0.05, 0) is 67.2 Å². The largest absolute Gasteiger partial charge is 0.252 e. The molecule has 0 N–H and O–H groups in total. The van der Waals surface area contributed by atoms with E-state index in [2.05, 4.69) is 129 Å². The monoisotopic (exact) mass is 447 g/mol. The van der Waals surface area contributed by atoms with Crippen LogP contribution in [-0.2, 0) is 5.41 Å². The summed E-state index contributed by atoms with van der Waals surface area (Å²) >= 11 is 0. The van der Waals surface area contributed by atoms with Crippen molar-refractivity contribution >= 4 is 43.7 Å². The molecule has 0 radical (unpaired) electrons. The van der Waals surface area contributed by atoms with Crippen LogP contribution in [0.25, 0.3) is 43.4 Å². The summed E-state index contributed by atoms with van der Waals surface area (Å²) in [4.78, 5) is 5.19. The van der Waals surface area contributed by atoms with E-state index in [0.29, 0.717) is 0 Å². The number of rotatable bonds is 2. The molecule has 1 nitrogen and oxygen atoms in total. The summed E-state index contributed by atoms with van der Waals surface area (Å²) in [5, 5.41) is 7.66. The Kier molecular flexibility index (Phi) is 4.25. The SMILES string of the molecule is CC1(C)C(c2cc3ccccc3c3c2ccc2ccc(-c4ccccc4)cc23)=Nc2ccccc21. The van der Waals surface area contributed by atoms with Crippen LogP contribution in [0.5, 0.6) is 0 Å². The van der Waals surface area contributed by atoms with Gasteiger partial charge in [-0.25, -0.2) is 0 Å². The van der Waals surface area contributed by atoms with E-state index in [1.807, 2.05) is 0 Å². The van der Waals surface area contributed by atoms with Gasteiger partial charge in [-0.2, -0.15) is 0 Å². The first-order valence-electron chi connectivity index (χ1n) is 12.2. The van der Waals surface area contributed by atoms with Crippen LogP contribution < -0.4 is 0 Å². The lowest BCUT2D eigenvalue weighted by molar-refractivity contribution is 0.738. The molecular formula is C34H25N. The zero-order chi connectivity index (χ0) is 23.6. The van der Waals surface area contributed by atoms with Gasteiger partial charge in [-0.3, -0.25) is 4.99 Å². The van der Waals surface area contributed by atoms with Gasteiger partial charge in [0, 0.05) is 11.0 Å². The van der Waals surface area contributed by atoms with Crippen molar-refractivity contribution in [3.63, 3.8) is 0 Å². The lowest BCUT2D eigenvalue weighted by Gasteiger charge is -2.24. The van der Waals surface area contributed by atoms with Crippen LogP contribution in [0.2, 0.25) is 0 Å². The minimum atomic E-state index is -0.160. The van der Waals surface area contributed by atoms with Gasteiger partial charge in [-0.15, -0.1) is 0 Å². The Labute approximate surface area is 205 Å². The number of hydrogen-bond acceptors (Lipinski definition) is 1. The summed E-state index contributed by atoms with van der Waals surface area (Å²) in [7, 11) is 0. The Bertz CT molecular complexity index is 1810. The molecule has 35 heavy (non-hydrogen) atoms. The van der Waals surface area contributed by atoms with Crippen molar-refractivity contribution in [2.24, 2.45) is 4.99 Å². The minimum Gasteiger partial charge on any atom is -0.252 e. The predicted octanol–water partition coefficient (Wildman–Crippen LogP) is 9.23. The number of hydrogen-bond donors (Lipinski definition) is 0. The minimum absolute atomic E-state index is 0.160. The molecular weight excluding hydrogens is 422 g/mol. The van der Waals surface area contributed by atoms with E-state index < -0.39 is 0 Å². The summed E-state index contributed by atoms with van der Waals surface area (Å²) in [6, 6.07) is 41.7. The molecule has 1 aliphatic rings. The van der Waals surface area contributed by atoms with E-state index in [-0.39, 0.29) is 5.41 Å². The molecule has 0 aliphatic carbocycles. The third-order valence-corrected chi connectivity index (χ3v) is 7.61. The second-order valence-electron chi connectivity index (χ2n) is 10.0. The summed E-state index contributed by atoms with van der Waals surface area (Å²) in [5.41, 5.74) is 7.08. The highest BCUT2D eigenvalue weighted by atomic mass is 14.8. The average molecular weight is 448 g/mol. The van der Waals surface area contributed by atoms with Gasteiger partial charge in [0.05, 0.1) is 11.4 Å². The Hall–Kier alpha value is -4.23. The van der Waals surface area contributed by atoms with E-state index in [1.165, 1.54) is 54.6 Å². The molecule has 0 saturated carbocycles. The van der Waals surface area contributed by atoms with E-state index in [4.69, 9.17) is 4.99 Å². The third-order valence-electron chi connectivity index (χ3n) is 7.61. The van der Waals surface area contributed by atoms with E-state index >= 15 is 0 Å². The van der Waals surface area contributed by atoms with Gasteiger partial charge in [0.2, 0.25) is 0 Å². The number of aliphatic imine (C=N–C) groups is 1. The highest BCUT2D eigenvalue weighted by Crippen LogP contribution is 2.45. The van der Waals surface area contributed by atoms with Crippen molar-refractivity contribution in [2.45, 2.75) is 19.3 Å². The summed E-state index contributed by atoms with van der Waals surface area (Å²) in [6.45, 7) is 4.60. The van der Waals surface area contributed by atoms with Crippen molar-refractivity contribution < 1.29 is 0 Å². The van der Waals surface area contributed by atoms with Crippen LogP contribution in [0.15, 0.2) is 120 Å². The molecule has 0 fully saturated rings. The maximum absolute atomic E-state index is 5.19. The number of fused-ring (bicyclic) bond motifs is 6. The first-order valence-corrected chi connectivity index (χ1v) is 12.2. The summed E-state index contributed by atoms with van der Waals surface area (Å²) < 4.78 is 0. The normalized spacial score (nSPS) is 14.4. The second kappa shape index (κ2) is 7.38. The lowest BCUT2D eigenvalue weighted by atomic mass is 9.77.